The van der Waals surface area contributed by atoms with Crippen molar-refractivity contribution in [3.8, 4) is 11.5 Å². The quantitative estimate of drug-likeness (QED) is 0.722. The Morgan fingerprint density at radius 2 is 1.74 bits per heavy atom. The van der Waals surface area contributed by atoms with Gasteiger partial charge >= 0.3 is 6.01 Å². The van der Waals surface area contributed by atoms with Gasteiger partial charge in [-0.2, -0.15) is 0 Å². The lowest BCUT2D eigenvalue weighted by atomic mass is 10.1. The lowest BCUT2D eigenvalue weighted by Gasteiger charge is -2.04. The summed E-state index contributed by atoms with van der Waals surface area (Å²) >= 11 is 0. The van der Waals surface area contributed by atoms with Crippen molar-refractivity contribution in [2.75, 3.05) is 11.1 Å². The largest absolute Gasteiger partial charge is 0.403 e. The summed E-state index contributed by atoms with van der Waals surface area (Å²) in [4.78, 5) is 12.5. The number of nitrogens with one attached hydrogen (secondary N) is 1. The third-order valence-electron chi connectivity index (χ3n) is 4.25. The summed E-state index contributed by atoms with van der Waals surface area (Å²) in [5.74, 6) is -0.162. The molecule has 2 aromatic carbocycles. The highest BCUT2D eigenvalue weighted by Crippen LogP contribution is 2.22. The van der Waals surface area contributed by atoms with Gasteiger partial charge in [0.05, 0.1) is 10.6 Å². The van der Waals surface area contributed by atoms with E-state index in [-0.39, 0.29) is 22.2 Å². The number of carbonyl (C=O) groups excluding carboxylic acids is 1. The van der Waals surface area contributed by atoms with Crippen molar-refractivity contribution in [3.63, 3.8) is 0 Å². The molecule has 1 N–H and O–H groups in total. The van der Waals surface area contributed by atoms with Gasteiger partial charge in [0.1, 0.15) is 0 Å². The van der Waals surface area contributed by atoms with E-state index >= 15 is 0 Å². The molecule has 0 spiro atoms. The van der Waals surface area contributed by atoms with E-state index in [1.54, 1.807) is 6.92 Å². The summed E-state index contributed by atoms with van der Waals surface area (Å²) < 4.78 is 29.1. The Hall–Kier alpha value is -3.00. The number of amides is 1. The summed E-state index contributed by atoms with van der Waals surface area (Å²) in [6, 6.07) is 11.4. The van der Waals surface area contributed by atoms with E-state index in [1.807, 2.05) is 32.0 Å². The molecule has 0 atom stereocenters. The number of carbonyl (C=O) groups is 1. The molecule has 3 rings (SSSR count). The molecule has 1 heterocycles. The van der Waals surface area contributed by atoms with E-state index in [1.165, 1.54) is 24.3 Å². The van der Waals surface area contributed by atoms with Crippen LogP contribution in [0, 0.1) is 13.8 Å². The molecular formula is C19H19N3O4S. The number of anilines is 1. The molecule has 140 valence electrons. The van der Waals surface area contributed by atoms with Gasteiger partial charge in [-0.25, -0.2) is 8.42 Å². The smallest absolute Gasteiger partial charge is 0.322 e. The third-order valence-corrected chi connectivity index (χ3v) is 6.01. The molecule has 0 aliphatic rings. The van der Waals surface area contributed by atoms with Gasteiger partial charge in [-0.05, 0) is 61.4 Å². The first-order chi connectivity index (χ1) is 12.8. The molecule has 0 aliphatic heterocycles. The summed E-state index contributed by atoms with van der Waals surface area (Å²) in [6.07, 6.45) is 0. The van der Waals surface area contributed by atoms with Crippen LogP contribution in [0.4, 0.5) is 6.01 Å². The third kappa shape index (κ3) is 4.06. The lowest BCUT2D eigenvalue weighted by molar-refractivity contribution is 0.102. The Bertz CT molecular complexity index is 1090. The van der Waals surface area contributed by atoms with Crippen LogP contribution >= 0.6 is 0 Å². The van der Waals surface area contributed by atoms with Crippen LogP contribution < -0.4 is 5.32 Å². The van der Waals surface area contributed by atoms with Gasteiger partial charge < -0.3 is 4.42 Å². The van der Waals surface area contributed by atoms with Gasteiger partial charge in [-0.1, -0.05) is 18.1 Å². The fourth-order valence-corrected chi connectivity index (χ4v) is 3.30. The van der Waals surface area contributed by atoms with Crippen molar-refractivity contribution in [2.45, 2.75) is 25.7 Å². The number of sulfone groups is 1. The maximum atomic E-state index is 12.3. The van der Waals surface area contributed by atoms with Crippen LogP contribution in [0.1, 0.15) is 28.4 Å². The Morgan fingerprint density at radius 1 is 1.04 bits per heavy atom. The van der Waals surface area contributed by atoms with Gasteiger partial charge in [0, 0.05) is 11.1 Å². The molecule has 0 saturated carbocycles. The number of aryl methyl sites for hydroxylation is 2. The van der Waals surface area contributed by atoms with Crippen molar-refractivity contribution in [1.82, 2.24) is 10.2 Å². The monoisotopic (exact) mass is 385 g/mol. The molecule has 0 bridgehead atoms. The van der Waals surface area contributed by atoms with Crippen molar-refractivity contribution in [2.24, 2.45) is 0 Å². The van der Waals surface area contributed by atoms with Crippen molar-refractivity contribution >= 4 is 21.8 Å². The molecule has 0 aliphatic carbocycles. The molecule has 1 aromatic heterocycles. The molecule has 8 heteroatoms. The van der Waals surface area contributed by atoms with Gasteiger partial charge in [0.25, 0.3) is 5.91 Å². The molecule has 0 saturated heterocycles. The Labute approximate surface area is 157 Å². The molecule has 0 radical (unpaired) electrons. The number of nitrogens with zero attached hydrogens (tertiary/aromatic N) is 2. The summed E-state index contributed by atoms with van der Waals surface area (Å²) in [7, 11) is -3.31. The highest BCUT2D eigenvalue weighted by atomic mass is 32.2. The van der Waals surface area contributed by atoms with Crippen LogP contribution in [0.5, 0.6) is 0 Å². The number of hydrogen-bond donors (Lipinski definition) is 1. The van der Waals surface area contributed by atoms with Crippen LogP contribution in [0.2, 0.25) is 0 Å². The summed E-state index contributed by atoms with van der Waals surface area (Å²) in [5, 5.41) is 10.3. The Balaban J connectivity index is 1.75. The first kappa shape index (κ1) is 18.8. The second-order valence-electron chi connectivity index (χ2n) is 6.09. The van der Waals surface area contributed by atoms with E-state index in [2.05, 4.69) is 15.5 Å². The van der Waals surface area contributed by atoms with E-state index < -0.39 is 15.7 Å². The summed E-state index contributed by atoms with van der Waals surface area (Å²) in [5.41, 5.74) is 3.30. The predicted molar refractivity (Wildman–Crippen MR) is 101 cm³/mol. The van der Waals surface area contributed by atoms with E-state index in [4.69, 9.17) is 4.42 Å². The zero-order valence-corrected chi connectivity index (χ0v) is 16.0. The predicted octanol–water partition coefficient (Wildman–Crippen LogP) is 3.40. The summed E-state index contributed by atoms with van der Waals surface area (Å²) in [6.45, 7) is 5.56. The average Bonchev–Trinajstić information content (AvgIpc) is 3.12. The molecule has 7 nitrogen and oxygen atoms in total. The zero-order chi connectivity index (χ0) is 19.6. The maximum Gasteiger partial charge on any atom is 0.322 e. The topological polar surface area (TPSA) is 102 Å². The average molecular weight is 385 g/mol. The van der Waals surface area contributed by atoms with Crippen LogP contribution in [0.15, 0.2) is 51.8 Å². The van der Waals surface area contributed by atoms with Gasteiger partial charge in [-0.15, -0.1) is 5.10 Å². The lowest BCUT2D eigenvalue weighted by Crippen LogP contribution is -2.12. The minimum Gasteiger partial charge on any atom is -0.403 e. The standard InChI is InChI=1S/C19H19N3O4S/c1-4-27(24,25)16-9-7-14(8-10-16)17(23)20-19-22-21-18(26-19)15-6-5-12(2)13(3)11-15/h5-11H,4H2,1-3H3,(H,20,22,23). The highest BCUT2D eigenvalue weighted by molar-refractivity contribution is 7.91. The molecular weight excluding hydrogens is 366 g/mol. The second-order valence-corrected chi connectivity index (χ2v) is 8.37. The van der Waals surface area contributed by atoms with E-state index in [0.29, 0.717) is 5.89 Å². The van der Waals surface area contributed by atoms with Gasteiger partial charge in [0.2, 0.25) is 5.89 Å². The van der Waals surface area contributed by atoms with Crippen LogP contribution in [0.3, 0.4) is 0 Å². The normalized spacial score (nSPS) is 11.4. The van der Waals surface area contributed by atoms with Gasteiger partial charge in [-0.3, -0.25) is 10.1 Å². The minimum absolute atomic E-state index is 0.00178. The number of benzene rings is 2. The molecule has 27 heavy (non-hydrogen) atoms. The van der Waals surface area contributed by atoms with Gasteiger partial charge in [0.15, 0.2) is 9.84 Å². The number of aromatic nitrogens is 2. The molecule has 0 unspecified atom stereocenters. The zero-order valence-electron chi connectivity index (χ0n) is 15.2. The maximum absolute atomic E-state index is 12.3. The Morgan fingerprint density at radius 3 is 2.37 bits per heavy atom. The number of rotatable bonds is 5. The van der Waals surface area contributed by atoms with Crippen LogP contribution in [-0.2, 0) is 9.84 Å². The SMILES string of the molecule is CCS(=O)(=O)c1ccc(C(=O)Nc2nnc(-c3ccc(C)c(C)c3)o2)cc1. The Kier molecular flexibility index (Phi) is 5.09. The van der Waals surface area contributed by atoms with Crippen LogP contribution in [-0.4, -0.2) is 30.3 Å². The van der Waals surface area contributed by atoms with E-state index in [9.17, 15) is 13.2 Å². The molecule has 0 fully saturated rings. The fourth-order valence-electron chi connectivity index (χ4n) is 2.41. The van der Waals surface area contributed by atoms with Crippen molar-refractivity contribution < 1.29 is 17.6 Å². The minimum atomic E-state index is -3.31. The van der Waals surface area contributed by atoms with Crippen molar-refractivity contribution in [3.05, 3.63) is 59.2 Å². The first-order valence-corrected chi connectivity index (χ1v) is 10.0. The molecule has 1 amide bonds. The van der Waals surface area contributed by atoms with E-state index in [0.717, 1.165) is 16.7 Å². The first-order valence-electron chi connectivity index (χ1n) is 8.35. The van der Waals surface area contributed by atoms with Crippen LogP contribution in [0.25, 0.3) is 11.5 Å². The van der Waals surface area contributed by atoms with Crippen molar-refractivity contribution in [1.29, 1.82) is 0 Å². The molecule has 3 aromatic rings. The number of hydrogen-bond acceptors (Lipinski definition) is 6. The second kappa shape index (κ2) is 7.32. The highest BCUT2D eigenvalue weighted by Gasteiger charge is 2.15. The fraction of sp³-hybridized carbons (Fsp3) is 0.211.